The highest BCUT2D eigenvalue weighted by Gasteiger charge is 2.24. The van der Waals surface area contributed by atoms with Crippen LogP contribution in [0.4, 0.5) is 0 Å². The summed E-state index contributed by atoms with van der Waals surface area (Å²) < 4.78 is 1.88. The highest BCUT2D eigenvalue weighted by Crippen LogP contribution is 2.24. The van der Waals surface area contributed by atoms with Gasteiger partial charge in [-0.3, -0.25) is 9.48 Å². The quantitative estimate of drug-likeness (QED) is 0.857. The molecule has 0 atom stereocenters. The number of rotatable bonds is 4. The van der Waals surface area contributed by atoms with E-state index in [0.717, 1.165) is 32.2 Å². The second-order valence-electron chi connectivity index (χ2n) is 5.87. The van der Waals surface area contributed by atoms with Crippen LogP contribution >= 0.6 is 0 Å². The molecule has 108 valence electrons. The number of nitrogens with zero attached hydrogens (tertiary/aromatic N) is 2. The molecule has 1 N–H and O–H groups in total. The normalized spacial score (nSPS) is 17.8. The Morgan fingerprint density at radius 3 is 3.00 bits per heavy atom. The molecule has 4 nitrogen and oxygen atoms in total. The summed E-state index contributed by atoms with van der Waals surface area (Å²) in [5.41, 5.74) is 4.56. The maximum atomic E-state index is 12.3. The van der Waals surface area contributed by atoms with Crippen molar-refractivity contribution >= 4 is 5.91 Å². The number of aromatic nitrogens is 2. The Bertz CT molecular complexity index is 542. The fourth-order valence-corrected chi connectivity index (χ4v) is 3.35. The molecule has 0 spiro atoms. The van der Waals surface area contributed by atoms with Crippen LogP contribution in [-0.2, 0) is 19.9 Å². The summed E-state index contributed by atoms with van der Waals surface area (Å²) in [6.45, 7) is 0.732. The number of carbonyl (C=O) groups excluding carboxylic acids is 1. The molecule has 1 amide bonds. The first-order valence-corrected chi connectivity index (χ1v) is 7.76. The zero-order chi connectivity index (χ0) is 13.9. The largest absolute Gasteiger partial charge is 0.350 e. The number of hydrogen-bond acceptors (Lipinski definition) is 2. The molecule has 4 heteroatoms. The predicted molar refractivity (Wildman–Crippen MR) is 78.7 cm³/mol. The summed E-state index contributed by atoms with van der Waals surface area (Å²) in [5, 5.41) is 7.42. The third-order valence-corrected chi connectivity index (χ3v) is 4.45. The molecule has 1 aromatic heterocycles. The van der Waals surface area contributed by atoms with Gasteiger partial charge in [0, 0.05) is 24.8 Å². The Hall–Kier alpha value is -1.58. The molecular weight excluding hydrogens is 250 g/mol. The van der Waals surface area contributed by atoms with Crippen molar-refractivity contribution in [3.05, 3.63) is 28.6 Å². The third-order valence-electron chi connectivity index (χ3n) is 4.45. The zero-order valence-electron chi connectivity index (χ0n) is 12.2. The van der Waals surface area contributed by atoms with E-state index >= 15 is 0 Å². The smallest absolute Gasteiger partial charge is 0.272 e. The number of allylic oxidation sites excluding steroid dienone is 1. The van der Waals surface area contributed by atoms with Gasteiger partial charge in [-0.1, -0.05) is 11.6 Å². The maximum Gasteiger partial charge on any atom is 0.272 e. The molecule has 20 heavy (non-hydrogen) atoms. The minimum absolute atomic E-state index is 0.000148. The molecule has 0 aromatic carbocycles. The van der Waals surface area contributed by atoms with Crippen molar-refractivity contribution in [2.45, 2.75) is 51.4 Å². The van der Waals surface area contributed by atoms with Crippen LogP contribution in [-0.4, -0.2) is 22.2 Å². The molecule has 0 saturated heterocycles. The fraction of sp³-hybridized carbons (Fsp3) is 0.625. The lowest BCUT2D eigenvalue weighted by Gasteiger charge is -2.12. The van der Waals surface area contributed by atoms with E-state index in [1.54, 1.807) is 0 Å². The Kier molecular flexibility index (Phi) is 3.90. The Balaban J connectivity index is 1.57. The van der Waals surface area contributed by atoms with Gasteiger partial charge in [0.25, 0.3) is 5.91 Å². The Labute approximate surface area is 120 Å². The topological polar surface area (TPSA) is 46.9 Å². The van der Waals surface area contributed by atoms with Crippen molar-refractivity contribution in [3.8, 4) is 0 Å². The zero-order valence-corrected chi connectivity index (χ0v) is 12.2. The lowest BCUT2D eigenvalue weighted by atomic mass is 9.97. The van der Waals surface area contributed by atoms with Crippen molar-refractivity contribution in [2.75, 3.05) is 6.54 Å². The second-order valence-corrected chi connectivity index (χ2v) is 5.87. The molecule has 0 fully saturated rings. The van der Waals surface area contributed by atoms with E-state index < -0.39 is 0 Å². The van der Waals surface area contributed by atoms with Crippen LogP contribution in [0, 0.1) is 0 Å². The molecule has 1 heterocycles. The summed E-state index contributed by atoms with van der Waals surface area (Å²) >= 11 is 0. The lowest BCUT2D eigenvalue weighted by Crippen LogP contribution is -2.26. The van der Waals surface area contributed by atoms with Crippen molar-refractivity contribution in [3.63, 3.8) is 0 Å². The number of aryl methyl sites for hydroxylation is 1. The molecule has 0 radical (unpaired) electrons. The number of fused-ring (bicyclic) bond motifs is 1. The number of nitrogens with one attached hydrogen (secondary N) is 1. The van der Waals surface area contributed by atoms with Crippen LogP contribution in [0.3, 0.4) is 0 Å². The van der Waals surface area contributed by atoms with Crippen molar-refractivity contribution in [1.82, 2.24) is 15.1 Å². The SMILES string of the molecule is Cn1nc(C(=O)NCCC2=CCCCC2)c2c1CCC2. The fourth-order valence-electron chi connectivity index (χ4n) is 3.35. The first-order chi connectivity index (χ1) is 9.75. The maximum absolute atomic E-state index is 12.3. The second kappa shape index (κ2) is 5.81. The average Bonchev–Trinajstić information content (AvgIpc) is 3.04. The van der Waals surface area contributed by atoms with Crippen LogP contribution < -0.4 is 5.32 Å². The van der Waals surface area contributed by atoms with Crippen LogP contribution in [0.1, 0.15) is 60.3 Å². The van der Waals surface area contributed by atoms with E-state index in [1.165, 1.54) is 42.5 Å². The summed E-state index contributed by atoms with van der Waals surface area (Å²) in [5.74, 6) is 0.000148. The van der Waals surface area contributed by atoms with Gasteiger partial charge in [0.15, 0.2) is 5.69 Å². The van der Waals surface area contributed by atoms with Crippen LogP contribution in [0.2, 0.25) is 0 Å². The number of carbonyl (C=O) groups is 1. The van der Waals surface area contributed by atoms with Crippen LogP contribution in [0.5, 0.6) is 0 Å². The predicted octanol–water partition coefficient (Wildman–Crippen LogP) is 2.53. The summed E-state index contributed by atoms with van der Waals surface area (Å²) in [6.07, 6.45) is 11.6. The number of hydrogen-bond donors (Lipinski definition) is 1. The molecule has 3 rings (SSSR count). The van der Waals surface area contributed by atoms with Gasteiger partial charge in [0.1, 0.15) is 0 Å². The van der Waals surface area contributed by atoms with E-state index in [1.807, 2.05) is 11.7 Å². The van der Waals surface area contributed by atoms with E-state index in [0.29, 0.717) is 5.69 Å². The minimum Gasteiger partial charge on any atom is -0.350 e. The lowest BCUT2D eigenvalue weighted by molar-refractivity contribution is 0.0947. The van der Waals surface area contributed by atoms with Gasteiger partial charge < -0.3 is 5.32 Å². The first-order valence-electron chi connectivity index (χ1n) is 7.76. The van der Waals surface area contributed by atoms with Gasteiger partial charge >= 0.3 is 0 Å². The molecule has 1 aromatic rings. The number of amides is 1. The molecular formula is C16H23N3O. The van der Waals surface area contributed by atoms with Crippen molar-refractivity contribution in [1.29, 1.82) is 0 Å². The van der Waals surface area contributed by atoms with E-state index in [2.05, 4.69) is 16.5 Å². The highest BCUT2D eigenvalue weighted by atomic mass is 16.1. The summed E-state index contributed by atoms with van der Waals surface area (Å²) in [7, 11) is 1.94. The monoisotopic (exact) mass is 273 g/mol. The third kappa shape index (κ3) is 2.65. The molecule has 0 saturated carbocycles. The van der Waals surface area contributed by atoms with Gasteiger partial charge in [-0.25, -0.2) is 0 Å². The highest BCUT2D eigenvalue weighted by molar-refractivity contribution is 5.94. The molecule has 0 bridgehead atoms. The summed E-state index contributed by atoms with van der Waals surface area (Å²) in [4.78, 5) is 12.3. The van der Waals surface area contributed by atoms with E-state index in [9.17, 15) is 4.79 Å². The van der Waals surface area contributed by atoms with E-state index in [4.69, 9.17) is 0 Å². The Morgan fingerprint density at radius 1 is 1.30 bits per heavy atom. The van der Waals surface area contributed by atoms with Gasteiger partial charge in [0.2, 0.25) is 0 Å². The molecule has 2 aliphatic rings. The van der Waals surface area contributed by atoms with Crippen molar-refractivity contribution in [2.24, 2.45) is 7.05 Å². The average molecular weight is 273 g/mol. The van der Waals surface area contributed by atoms with E-state index in [-0.39, 0.29) is 5.91 Å². The van der Waals surface area contributed by atoms with Crippen LogP contribution in [0.25, 0.3) is 0 Å². The van der Waals surface area contributed by atoms with Crippen LogP contribution in [0.15, 0.2) is 11.6 Å². The summed E-state index contributed by atoms with van der Waals surface area (Å²) in [6, 6.07) is 0. The molecule has 2 aliphatic carbocycles. The molecule has 0 unspecified atom stereocenters. The minimum atomic E-state index is 0.000148. The molecule has 0 aliphatic heterocycles. The van der Waals surface area contributed by atoms with Gasteiger partial charge in [-0.05, 0) is 51.4 Å². The van der Waals surface area contributed by atoms with Gasteiger partial charge in [-0.15, -0.1) is 0 Å². The standard InChI is InChI=1S/C16H23N3O/c1-19-14-9-5-8-13(14)15(18-19)16(20)17-11-10-12-6-3-2-4-7-12/h6H,2-5,7-11H2,1H3,(H,17,20). The van der Waals surface area contributed by atoms with Crippen molar-refractivity contribution < 1.29 is 4.79 Å². The Morgan fingerprint density at radius 2 is 2.20 bits per heavy atom. The first kappa shape index (κ1) is 13.4. The van der Waals surface area contributed by atoms with Gasteiger partial charge in [0.05, 0.1) is 0 Å². The van der Waals surface area contributed by atoms with Gasteiger partial charge in [-0.2, -0.15) is 5.10 Å².